The van der Waals surface area contributed by atoms with Gasteiger partial charge in [-0.25, -0.2) is 14.4 Å². The van der Waals surface area contributed by atoms with Gasteiger partial charge in [-0.2, -0.15) is 18.2 Å². The zero-order valence-electron chi connectivity index (χ0n) is 18.8. The molecule has 186 valence electrons. The summed E-state index contributed by atoms with van der Waals surface area (Å²) in [4.78, 5) is 27.7. The van der Waals surface area contributed by atoms with Gasteiger partial charge in [-0.15, -0.1) is 0 Å². The first-order chi connectivity index (χ1) is 17.1. The van der Waals surface area contributed by atoms with Gasteiger partial charge in [0, 0.05) is 37.3 Å². The number of nitrogens with two attached hydrogens (primary N) is 1. The zero-order valence-corrected chi connectivity index (χ0v) is 18.8. The predicted molar refractivity (Wildman–Crippen MR) is 129 cm³/mol. The molecule has 13 heteroatoms. The molecule has 5 N–H and O–H groups in total. The molecule has 2 aromatic heterocycles. The standard InChI is InChI=1S/C23H20F4N8O/c1-3-20(36)34-19-8-18(17(24)12-30-19)33-21-16(13-4-6-14(7-5-13)23(25,26)27)11-31-22(35-21)32-15(9-28)10-29-2/h3-12H,1,28H2,2H3,(H3,30,31,32,33,34,35,36)/b15-9+,29-10?. The number of amides is 1. The van der Waals surface area contributed by atoms with Crippen molar-refractivity contribution in [1.29, 1.82) is 0 Å². The van der Waals surface area contributed by atoms with E-state index in [0.717, 1.165) is 24.4 Å². The number of allylic oxidation sites excluding steroid dienone is 1. The molecule has 0 saturated carbocycles. The number of rotatable bonds is 8. The quantitative estimate of drug-likeness (QED) is 0.204. The van der Waals surface area contributed by atoms with E-state index in [2.05, 4.69) is 42.5 Å². The summed E-state index contributed by atoms with van der Waals surface area (Å²) in [5.41, 5.74) is 5.55. The van der Waals surface area contributed by atoms with Crippen LogP contribution in [0.3, 0.4) is 0 Å². The normalized spacial score (nSPS) is 11.9. The Morgan fingerprint density at radius 2 is 1.86 bits per heavy atom. The largest absolute Gasteiger partial charge is 0.416 e. The van der Waals surface area contributed by atoms with Crippen LogP contribution < -0.4 is 21.7 Å². The molecular weight excluding hydrogens is 480 g/mol. The number of alkyl halides is 3. The lowest BCUT2D eigenvalue weighted by Crippen LogP contribution is -2.11. The van der Waals surface area contributed by atoms with E-state index in [1.165, 1.54) is 43.9 Å². The van der Waals surface area contributed by atoms with Gasteiger partial charge >= 0.3 is 6.18 Å². The van der Waals surface area contributed by atoms with Gasteiger partial charge in [0.15, 0.2) is 5.82 Å². The smallest absolute Gasteiger partial charge is 0.403 e. The number of anilines is 4. The Kier molecular flexibility index (Phi) is 7.94. The third kappa shape index (κ3) is 6.40. The number of nitrogens with zero attached hydrogens (tertiary/aromatic N) is 4. The van der Waals surface area contributed by atoms with Gasteiger partial charge in [0.05, 0.1) is 23.1 Å². The summed E-state index contributed by atoms with van der Waals surface area (Å²) in [6, 6.07) is 5.53. The summed E-state index contributed by atoms with van der Waals surface area (Å²) >= 11 is 0. The van der Waals surface area contributed by atoms with E-state index in [1.807, 2.05) is 0 Å². The van der Waals surface area contributed by atoms with Crippen molar-refractivity contribution in [3.63, 3.8) is 0 Å². The molecule has 0 aliphatic carbocycles. The van der Waals surface area contributed by atoms with Crippen molar-refractivity contribution in [2.75, 3.05) is 23.0 Å². The Morgan fingerprint density at radius 3 is 2.47 bits per heavy atom. The van der Waals surface area contributed by atoms with E-state index in [-0.39, 0.29) is 28.8 Å². The van der Waals surface area contributed by atoms with E-state index in [4.69, 9.17) is 5.73 Å². The van der Waals surface area contributed by atoms with Gasteiger partial charge in [0.1, 0.15) is 11.6 Å². The second kappa shape index (κ2) is 11.1. The van der Waals surface area contributed by atoms with E-state index >= 15 is 0 Å². The van der Waals surface area contributed by atoms with Crippen LogP contribution >= 0.6 is 0 Å². The summed E-state index contributed by atoms with van der Waals surface area (Å²) in [6.45, 7) is 3.34. The molecule has 1 amide bonds. The maximum Gasteiger partial charge on any atom is 0.416 e. The van der Waals surface area contributed by atoms with Crippen LogP contribution in [-0.4, -0.2) is 34.1 Å². The highest BCUT2D eigenvalue weighted by Gasteiger charge is 2.30. The van der Waals surface area contributed by atoms with Crippen molar-refractivity contribution >= 4 is 35.4 Å². The molecule has 0 radical (unpaired) electrons. The summed E-state index contributed by atoms with van der Waals surface area (Å²) in [7, 11) is 1.53. The number of carbonyl (C=O) groups is 1. The van der Waals surface area contributed by atoms with Gasteiger partial charge in [-0.05, 0) is 23.8 Å². The average molecular weight is 500 g/mol. The van der Waals surface area contributed by atoms with Gasteiger partial charge in [-0.3, -0.25) is 9.79 Å². The topological polar surface area (TPSA) is 130 Å². The summed E-state index contributed by atoms with van der Waals surface area (Å²) in [6.07, 6.45) is 1.37. The molecule has 0 unspecified atom stereocenters. The number of aromatic nitrogens is 3. The average Bonchev–Trinajstić information content (AvgIpc) is 2.85. The van der Waals surface area contributed by atoms with Crippen molar-refractivity contribution in [2.24, 2.45) is 10.7 Å². The molecule has 0 bridgehead atoms. The minimum atomic E-state index is -4.51. The van der Waals surface area contributed by atoms with Crippen LogP contribution in [0.5, 0.6) is 0 Å². The van der Waals surface area contributed by atoms with Crippen LogP contribution in [-0.2, 0) is 11.0 Å². The molecule has 2 heterocycles. The Morgan fingerprint density at radius 1 is 1.14 bits per heavy atom. The molecule has 0 saturated heterocycles. The van der Waals surface area contributed by atoms with Crippen molar-refractivity contribution in [3.05, 3.63) is 78.7 Å². The van der Waals surface area contributed by atoms with Crippen LogP contribution in [0.25, 0.3) is 11.1 Å². The Balaban J connectivity index is 2.06. The molecule has 9 nitrogen and oxygen atoms in total. The number of nitrogens with one attached hydrogen (secondary N) is 3. The Labute approximate surface area is 202 Å². The summed E-state index contributed by atoms with van der Waals surface area (Å²) < 4.78 is 53.6. The second-order valence-electron chi connectivity index (χ2n) is 7.03. The third-order valence-corrected chi connectivity index (χ3v) is 4.56. The van der Waals surface area contributed by atoms with Crippen molar-refractivity contribution in [3.8, 4) is 11.1 Å². The Bertz CT molecular complexity index is 1320. The maximum atomic E-state index is 14.6. The molecule has 0 atom stereocenters. The lowest BCUT2D eigenvalue weighted by atomic mass is 10.1. The number of aliphatic imine (C=N–C) groups is 1. The number of benzene rings is 1. The fourth-order valence-corrected chi connectivity index (χ4v) is 2.88. The van der Waals surface area contributed by atoms with Crippen LogP contribution in [0.2, 0.25) is 0 Å². The number of hydrogen-bond donors (Lipinski definition) is 4. The highest BCUT2D eigenvalue weighted by Crippen LogP contribution is 2.34. The molecule has 3 aromatic rings. The number of halogens is 4. The first-order valence-electron chi connectivity index (χ1n) is 10.2. The van der Waals surface area contributed by atoms with Crippen molar-refractivity contribution in [2.45, 2.75) is 6.18 Å². The highest BCUT2D eigenvalue weighted by atomic mass is 19.4. The molecular formula is C23H20F4N8O. The molecule has 1 aromatic carbocycles. The first-order valence-corrected chi connectivity index (χ1v) is 10.2. The monoisotopic (exact) mass is 500 g/mol. The molecule has 0 fully saturated rings. The summed E-state index contributed by atoms with van der Waals surface area (Å²) in [5.74, 6) is -1.22. The first kappa shape index (κ1) is 25.8. The number of pyridine rings is 1. The predicted octanol–water partition coefficient (Wildman–Crippen LogP) is 4.48. The summed E-state index contributed by atoms with van der Waals surface area (Å²) in [5, 5.41) is 8.02. The van der Waals surface area contributed by atoms with Gasteiger partial charge < -0.3 is 21.7 Å². The maximum absolute atomic E-state index is 14.6. The fraction of sp³-hybridized carbons (Fsp3) is 0.0870. The van der Waals surface area contributed by atoms with Crippen LogP contribution in [0.4, 0.5) is 40.8 Å². The van der Waals surface area contributed by atoms with Crippen LogP contribution in [0, 0.1) is 5.82 Å². The molecule has 0 aliphatic heterocycles. The lowest BCUT2D eigenvalue weighted by molar-refractivity contribution is -0.137. The molecule has 3 rings (SSSR count). The molecule has 0 aliphatic rings. The van der Waals surface area contributed by atoms with Gasteiger partial charge in [0.2, 0.25) is 11.9 Å². The highest BCUT2D eigenvalue weighted by molar-refractivity contribution is 5.98. The zero-order chi connectivity index (χ0) is 26.3. The van der Waals surface area contributed by atoms with Crippen LogP contribution in [0.15, 0.2) is 72.3 Å². The lowest BCUT2D eigenvalue weighted by Gasteiger charge is -2.15. The SMILES string of the molecule is C=CC(=O)Nc1cc(Nc2nc(N/C(C=NC)=C/N)ncc2-c2ccc(C(F)(F)F)cc2)c(F)cn1. The van der Waals surface area contributed by atoms with E-state index < -0.39 is 23.5 Å². The van der Waals surface area contributed by atoms with Crippen LogP contribution in [0.1, 0.15) is 5.56 Å². The fourth-order valence-electron chi connectivity index (χ4n) is 2.88. The van der Waals surface area contributed by atoms with E-state index in [9.17, 15) is 22.4 Å². The molecule has 0 spiro atoms. The number of hydrogen-bond acceptors (Lipinski definition) is 8. The minimum absolute atomic E-state index is 0.0276. The van der Waals surface area contributed by atoms with Gasteiger partial charge in [-0.1, -0.05) is 18.7 Å². The molecule has 36 heavy (non-hydrogen) atoms. The third-order valence-electron chi connectivity index (χ3n) is 4.56. The van der Waals surface area contributed by atoms with Crippen molar-refractivity contribution in [1.82, 2.24) is 15.0 Å². The van der Waals surface area contributed by atoms with Crippen molar-refractivity contribution < 1.29 is 22.4 Å². The van der Waals surface area contributed by atoms with Gasteiger partial charge in [0.25, 0.3) is 0 Å². The van der Waals surface area contributed by atoms with E-state index in [1.54, 1.807) is 0 Å². The minimum Gasteiger partial charge on any atom is -0.403 e. The second-order valence-corrected chi connectivity index (χ2v) is 7.03. The number of carbonyl (C=O) groups excluding carboxylic acids is 1. The van der Waals surface area contributed by atoms with E-state index in [0.29, 0.717) is 11.3 Å². The Hall–Kier alpha value is -4.81.